The number of ether oxygens (including phenoxy) is 1. The predicted molar refractivity (Wildman–Crippen MR) is 106 cm³/mol. The van der Waals surface area contributed by atoms with Crippen LogP contribution in [0.25, 0.3) is 11.0 Å². The summed E-state index contributed by atoms with van der Waals surface area (Å²) in [4.78, 5) is 17.0. The van der Waals surface area contributed by atoms with Crippen LogP contribution in [0.3, 0.4) is 0 Å². The van der Waals surface area contributed by atoms with Crippen LogP contribution in [0.15, 0.2) is 85.2 Å². The Hall–Kier alpha value is -3.60. The number of carbonyl (C=O) groups excluding carboxylic acids is 1. The van der Waals surface area contributed by atoms with Gasteiger partial charge in [0.05, 0.1) is 17.4 Å². The van der Waals surface area contributed by atoms with Gasteiger partial charge in [0.2, 0.25) is 5.91 Å². The van der Waals surface area contributed by atoms with Gasteiger partial charge in [0.15, 0.2) is 0 Å². The molecule has 0 saturated carbocycles. The minimum Gasteiger partial charge on any atom is -0.457 e. The summed E-state index contributed by atoms with van der Waals surface area (Å²) in [5.41, 5.74) is 2.53. The lowest BCUT2D eigenvalue weighted by atomic mass is 10.2. The first-order chi connectivity index (χ1) is 13.2. The van der Waals surface area contributed by atoms with Gasteiger partial charge in [-0.25, -0.2) is 4.98 Å². The number of benzene rings is 3. The molecular weight excluding hydrogens is 338 g/mol. The highest BCUT2D eigenvalue weighted by atomic mass is 16.5. The Morgan fingerprint density at radius 2 is 1.59 bits per heavy atom. The molecule has 0 aliphatic carbocycles. The normalized spacial score (nSPS) is 11.9. The molecule has 1 N–H and O–H groups in total. The van der Waals surface area contributed by atoms with E-state index in [1.54, 1.807) is 6.33 Å². The van der Waals surface area contributed by atoms with E-state index in [9.17, 15) is 4.79 Å². The zero-order valence-corrected chi connectivity index (χ0v) is 14.9. The van der Waals surface area contributed by atoms with Crippen molar-refractivity contribution >= 4 is 22.6 Å². The molecular formula is C22H19N3O2. The number of hydrogen-bond donors (Lipinski definition) is 1. The molecule has 0 aliphatic heterocycles. The molecule has 4 aromatic rings. The highest BCUT2D eigenvalue weighted by Gasteiger charge is 2.17. The van der Waals surface area contributed by atoms with E-state index in [0.717, 1.165) is 22.5 Å². The van der Waals surface area contributed by atoms with Crippen molar-refractivity contribution in [2.24, 2.45) is 0 Å². The number of carbonyl (C=O) groups is 1. The summed E-state index contributed by atoms with van der Waals surface area (Å²) >= 11 is 0. The first-order valence-electron chi connectivity index (χ1n) is 8.76. The number of imidazole rings is 1. The SMILES string of the molecule is CC(C(=O)Nc1ccc(Oc2ccccc2)cc1)n1cnc2ccccc21. The maximum absolute atomic E-state index is 12.6. The Kier molecular flexibility index (Phi) is 4.58. The molecule has 0 aliphatic rings. The number of fused-ring (bicyclic) bond motifs is 1. The number of anilines is 1. The van der Waals surface area contributed by atoms with E-state index in [1.807, 2.05) is 90.4 Å². The van der Waals surface area contributed by atoms with E-state index < -0.39 is 0 Å². The highest BCUT2D eigenvalue weighted by molar-refractivity contribution is 5.94. The Morgan fingerprint density at radius 3 is 2.37 bits per heavy atom. The zero-order chi connectivity index (χ0) is 18.6. The third-order valence-electron chi connectivity index (χ3n) is 4.38. The molecule has 4 rings (SSSR count). The molecule has 27 heavy (non-hydrogen) atoms. The quantitative estimate of drug-likeness (QED) is 0.545. The summed E-state index contributed by atoms with van der Waals surface area (Å²) in [6.45, 7) is 1.86. The second kappa shape index (κ2) is 7.33. The summed E-state index contributed by atoms with van der Waals surface area (Å²) in [6, 6.07) is 24.3. The second-order valence-corrected chi connectivity index (χ2v) is 6.25. The van der Waals surface area contributed by atoms with Crippen LogP contribution in [0.4, 0.5) is 5.69 Å². The molecule has 5 nitrogen and oxygen atoms in total. The van der Waals surface area contributed by atoms with Crippen molar-refractivity contribution in [1.82, 2.24) is 9.55 Å². The van der Waals surface area contributed by atoms with Crippen LogP contribution in [-0.4, -0.2) is 15.5 Å². The Morgan fingerprint density at radius 1 is 0.926 bits per heavy atom. The van der Waals surface area contributed by atoms with Gasteiger partial charge in [-0.15, -0.1) is 0 Å². The van der Waals surface area contributed by atoms with Gasteiger partial charge in [-0.1, -0.05) is 30.3 Å². The first-order valence-corrected chi connectivity index (χ1v) is 8.76. The van der Waals surface area contributed by atoms with Gasteiger partial charge in [-0.2, -0.15) is 0 Å². The van der Waals surface area contributed by atoms with E-state index in [2.05, 4.69) is 10.3 Å². The van der Waals surface area contributed by atoms with Crippen molar-refractivity contribution in [2.75, 3.05) is 5.32 Å². The maximum atomic E-state index is 12.6. The van der Waals surface area contributed by atoms with Crippen LogP contribution in [0.1, 0.15) is 13.0 Å². The molecule has 1 aromatic heterocycles. The van der Waals surface area contributed by atoms with Crippen LogP contribution < -0.4 is 10.1 Å². The third-order valence-corrected chi connectivity index (χ3v) is 4.38. The van der Waals surface area contributed by atoms with Gasteiger partial charge in [0.1, 0.15) is 17.5 Å². The number of nitrogens with zero attached hydrogens (tertiary/aromatic N) is 2. The maximum Gasteiger partial charge on any atom is 0.247 e. The van der Waals surface area contributed by atoms with Crippen LogP contribution in [0.2, 0.25) is 0 Å². The van der Waals surface area contributed by atoms with Crippen molar-refractivity contribution < 1.29 is 9.53 Å². The molecule has 1 amide bonds. The largest absolute Gasteiger partial charge is 0.457 e. The van der Waals surface area contributed by atoms with E-state index in [4.69, 9.17) is 4.74 Å². The average Bonchev–Trinajstić information content (AvgIpc) is 3.14. The molecule has 5 heteroatoms. The summed E-state index contributed by atoms with van der Waals surface area (Å²) in [7, 11) is 0. The molecule has 1 unspecified atom stereocenters. The monoisotopic (exact) mass is 357 g/mol. The van der Waals surface area contributed by atoms with E-state index in [-0.39, 0.29) is 11.9 Å². The Labute approximate surface area is 157 Å². The van der Waals surface area contributed by atoms with Gasteiger partial charge < -0.3 is 14.6 Å². The van der Waals surface area contributed by atoms with Gasteiger partial charge in [0, 0.05) is 5.69 Å². The summed E-state index contributed by atoms with van der Waals surface area (Å²) in [5.74, 6) is 1.39. The van der Waals surface area contributed by atoms with Gasteiger partial charge in [-0.3, -0.25) is 4.79 Å². The van der Waals surface area contributed by atoms with Gasteiger partial charge >= 0.3 is 0 Å². The van der Waals surface area contributed by atoms with Gasteiger partial charge in [0.25, 0.3) is 0 Å². The molecule has 134 valence electrons. The minimum atomic E-state index is -0.377. The van der Waals surface area contributed by atoms with Crippen LogP contribution in [-0.2, 0) is 4.79 Å². The smallest absolute Gasteiger partial charge is 0.247 e. The number of nitrogens with one attached hydrogen (secondary N) is 1. The number of amides is 1. The van der Waals surface area contributed by atoms with Crippen molar-refractivity contribution in [3.8, 4) is 11.5 Å². The molecule has 3 aromatic carbocycles. The van der Waals surface area contributed by atoms with Crippen LogP contribution in [0.5, 0.6) is 11.5 Å². The third kappa shape index (κ3) is 3.67. The standard InChI is InChI=1S/C22H19N3O2/c1-16(25-15-23-20-9-5-6-10-21(20)25)22(26)24-17-11-13-19(14-12-17)27-18-7-3-2-4-8-18/h2-16H,1H3,(H,24,26). The molecule has 0 saturated heterocycles. The van der Waals surface area contributed by atoms with Crippen LogP contribution >= 0.6 is 0 Å². The lowest BCUT2D eigenvalue weighted by Crippen LogP contribution is -2.23. The summed E-state index contributed by atoms with van der Waals surface area (Å²) < 4.78 is 7.64. The van der Waals surface area contributed by atoms with Gasteiger partial charge in [-0.05, 0) is 55.5 Å². The summed E-state index contributed by atoms with van der Waals surface area (Å²) in [5, 5.41) is 2.94. The molecule has 0 fully saturated rings. The van der Waals surface area contributed by atoms with E-state index in [0.29, 0.717) is 5.75 Å². The highest BCUT2D eigenvalue weighted by Crippen LogP contribution is 2.23. The molecule has 0 spiro atoms. The fourth-order valence-electron chi connectivity index (χ4n) is 2.89. The lowest BCUT2D eigenvalue weighted by Gasteiger charge is -2.15. The van der Waals surface area contributed by atoms with Crippen molar-refractivity contribution in [3.05, 3.63) is 85.2 Å². The average molecular weight is 357 g/mol. The fraction of sp³-hybridized carbons (Fsp3) is 0.0909. The summed E-state index contributed by atoms with van der Waals surface area (Å²) in [6.07, 6.45) is 1.70. The first kappa shape index (κ1) is 16.8. The lowest BCUT2D eigenvalue weighted by molar-refractivity contribution is -0.118. The fourth-order valence-corrected chi connectivity index (χ4v) is 2.89. The minimum absolute atomic E-state index is 0.102. The van der Waals surface area contributed by atoms with Crippen LogP contribution in [0, 0.1) is 0 Å². The zero-order valence-electron chi connectivity index (χ0n) is 14.9. The Balaban J connectivity index is 1.44. The topological polar surface area (TPSA) is 56.1 Å². The second-order valence-electron chi connectivity index (χ2n) is 6.25. The van der Waals surface area contributed by atoms with Crippen molar-refractivity contribution in [2.45, 2.75) is 13.0 Å². The molecule has 1 heterocycles. The number of aromatic nitrogens is 2. The number of hydrogen-bond acceptors (Lipinski definition) is 3. The van der Waals surface area contributed by atoms with Crippen molar-refractivity contribution in [1.29, 1.82) is 0 Å². The van der Waals surface area contributed by atoms with Crippen molar-refractivity contribution in [3.63, 3.8) is 0 Å². The number of para-hydroxylation sites is 3. The molecule has 0 bridgehead atoms. The van der Waals surface area contributed by atoms with E-state index >= 15 is 0 Å². The molecule has 0 radical (unpaired) electrons. The number of rotatable bonds is 5. The molecule has 1 atom stereocenters. The van der Waals surface area contributed by atoms with E-state index in [1.165, 1.54) is 0 Å². The Bertz CT molecular complexity index is 1060. The predicted octanol–water partition coefficient (Wildman–Crippen LogP) is 5.03.